The largest absolute Gasteiger partial charge is 0.302 e. The van der Waals surface area contributed by atoms with Crippen LogP contribution >= 0.6 is 31.9 Å². The molecule has 0 aromatic heterocycles. The second-order valence-corrected chi connectivity index (χ2v) is 6.52. The number of alkyl halides is 1. The van der Waals surface area contributed by atoms with Crippen molar-refractivity contribution in [1.82, 2.24) is 4.90 Å². The van der Waals surface area contributed by atoms with Gasteiger partial charge >= 0.3 is 0 Å². The highest BCUT2D eigenvalue weighted by Crippen LogP contribution is 2.16. The highest BCUT2D eigenvalue weighted by molar-refractivity contribution is 9.10. The van der Waals surface area contributed by atoms with Gasteiger partial charge in [-0.1, -0.05) is 44.8 Å². The third-order valence-electron chi connectivity index (χ3n) is 2.36. The number of nitrogens with zero attached hydrogens (tertiary/aromatic N) is 1. The Hall–Kier alpha value is 0.0700. The molecule has 1 aromatic carbocycles. The molecule has 1 atom stereocenters. The van der Waals surface area contributed by atoms with Gasteiger partial charge < -0.3 is 4.90 Å². The number of hydrogen-bond acceptors (Lipinski definition) is 1. The van der Waals surface area contributed by atoms with Gasteiger partial charge in [-0.15, -0.1) is 0 Å². The maximum Gasteiger partial charge on any atom is 0.128 e. The van der Waals surface area contributed by atoms with E-state index in [2.05, 4.69) is 43.7 Å². The van der Waals surface area contributed by atoms with Gasteiger partial charge in [0.15, 0.2) is 0 Å². The van der Waals surface area contributed by atoms with Crippen LogP contribution < -0.4 is 0 Å². The quantitative estimate of drug-likeness (QED) is 0.718. The molecule has 0 heterocycles. The SMILES string of the molecule is CC(Br)CCN(C)Cc1ccc(Br)cc1F. The van der Waals surface area contributed by atoms with Crippen molar-refractivity contribution in [3.63, 3.8) is 0 Å². The van der Waals surface area contributed by atoms with E-state index in [0.717, 1.165) is 23.0 Å². The van der Waals surface area contributed by atoms with Crippen molar-refractivity contribution in [3.8, 4) is 0 Å². The maximum atomic E-state index is 13.5. The van der Waals surface area contributed by atoms with Gasteiger partial charge in [-0.05, 0) is 32.1 Å². The summed E-state index contributed by atoms with van der Waals surface area (Å²) in [5, 5.41) is 0. The van der Waals surface area contributed by atoms with Gasteiger partial charge in [-0.25, -0.2) is 4.39 Å². The normalized spacial score (nSPS) is 13.1. The first-order valence-corrected chi connectivity index (χ1v) is 6.96. The van der Waals surface area contributed by atoms with Gasteiger partial charge in [0.05, 0.1) is 0 Å². The van der Waals surface area contributed by atoms with Crippen LogP contribution in [0.5, 0.6) is 0 Å². The molecule has 0 aliphatic carbocycles. The Kier molecular flexibility index (Phi) is 5.94. The summed E-state index contributed by atoms with van der Waals surface area (Å²) in [6, 6.07) is 5.21. The summed E-state index contributed by atoms with van der Waals surface area (Å²) < 4.78 is 14.3. The van der Waals surface area contributed by atoms with Gasteiger partial charge in [-0.2, -0.15) is 0 Å². The van der Waals surface area contributed by atoms with E-state index in [1.165, 1.54) is 6.07 Å². The van der Waals surface area contributed by atoms with Crippen LogP contribution in [0.4, 0.5) is 4.39 Å². The fourth-order valence-electron chi connectivity index (χ4n) is 1.42. The smallest absolute Gasteiger partial charge is 0.128 e. The van der Waals surface area contributed by atoms with Crippen LogP contribution in [-0.4, -0.2) is 23.3 Å². The van der Waals surface area contributed by atoms with Gasteiger partial charge in [0.2, 0.25) is 0 Å². The van der Waals surface area contributed by atoms with Crippen molar-refractivity contribution in [2.45, 2.75) is 24.7 Å². The Balaban J connectivity index is 2.52. The molecule has 1 rings (SSSR count). The minimum absolute atomic E-state index is 0.145. The topological polar surface area (TPSA) is 3.24 Å². The molecule has 1 nitrogen and oxygen atoms in total. The first kappa shape index (κ1) is 14.1. The number of rotatable bonds is 5. The zero-order chi connectivity index (χ0) is 12.1. The standard InChI is InChI=1S/C12H16Br2FN/c1-9(13)5-6-16(2)8-10-3-4-11(14)7-12(10)15/h3-4,7,9H,5-6,8H2,1-2H3. The van der Waals surface area contributed by atoms with Crippen LogP contribution in [0.1, 0.15) is 18.9 Å². The van der Waals surface area contributed by atoms with E-state index < -0.39 is 0 Å². The zero-order valence-electron chi connectivity index (χ0n) is 9.51. The number of halogens is 3. The maximum absolute atomic E-state index is 13.5. The molecule has 1 unspecified atom stereocenters. The molecule has 4 heteroatoms. The lowest BCUT2D eigenvalue weighted by molar-refractivity contribution is 0.317. The molecule has 0 aliphatic heterocycles. The summed E-state index contributed by atoms with van der Waals surface area (Å²) in [7, 11) is 2.01. The lowest BCUT2D eigenvalue weighted by Crippen LogP contribution is -2.21. The zero-order valence-corrected chi connectivity index (χ0v) is 12.7. The van der Waals surface area contributed by atoms with E-state index >= 15 is 0 Å². The summed E-state index contributed by atoms with van der Waals surface area (Å²) in [6.07, 6.45) is 1.06. The second kappa shape index (κ2) is 6.72. The van der Waals surface area contributed by atoms with Crippen molar-refractivity contribution in [3.05, 3.63) is 34.1 Å². The van der Waals surface area contributed by atoms with E-state index in [1.54, 1.807) is 0 Å². The average Bonchev–Trinajstić information content (AvgIpc) is 2.19. The predicted molar refractivity (Wildman–Crippen MR) is 73.4 cm³/mol. The molecular weight excluding hydrogens is 337 g/mol. The predicted octanol–water partition coefficient (Wildman–Crippen LogP) is 4.19. The molecule has 0 saturated heterocycles. The molecular formula is C12H16Br2FN. The van der Waals surface area contributed by atoms with Crippen molar-refractivity contribution in [2.75, 3.05) is 13.6 Å². The highest BCUT2D eigenvalue weighted by atomic mass is 79.9. The molecule has 0 saturated carbocycles. The Bertz CT molecular complexity index is 342. The third kappa shape index (κ3) is 4.93. The summed E-state index contributed by atoms with van der Waals surface area (Å²) in [6.45, 7) is 3.73. The molecule has 16 heavy (non-hydrogen) atoms. The van der Waals surface area contributed by atoms with Crippen LogP contribution in [0.2, 0.25) is 0 Å². The molecule has 0 aliphatic rings. The van der Waals surface area contributed by atoms with Crippen molar-refractivity contribution >= 4 is 31.9 Å². The monoisotopic (exact) mass is 351 g/mol. The van der Waals surface area contributed by atoms with E-state index in [-0.39, 0.29) is 5.82 Å². The second-order valence-electron chi connectivity index (χ2n) is 4.04. The van der Waals surface area contributed by atoms with Crippen LogP contribution in [0.3, 0.4) is 0 Å². The van der Waals surface area contributed by atoms with Gasteiger partial charge in [-0.3, -0.25) is 0 Å². The molecule has 0 spiro atoms. The lowest BCUT2D eigenvalue weighted by Gasteiger charge is -2.17. The number of benzene rings is 1. The first-order valence-electron chi connectivity index (χ1n) is 5.25. The van der Waals surface area contributed by atoms with E-state index in [4.69, 9.17) is 0 Å². The summed E-state index contributed by atoms with van der Waals surface area (Å²) >= 11 is 6.76. The Morgan fingerprint density at radius 2 is 2.12 bits per heavy atom. The van der Waals surface area contributed by atoms with Gasteiger partial charge in [0.25, 0.3) is 0 Å². The van der Waals surface area contributed by atoms with Crippen LogP contribution in [0.25, 0.3) is 0 Å². The van der Waals surface area contributed by atoms with E-state index in [0.29, 0.717) is 11.4 Å². The molecule has 0 radical (unpaired) electrons. The minimum atomic E-state index is -0.145. The fourth-order valence-corrected chi connectivity index (χ4v) is 1.96. The molecule has 0 N–H and O–H groups in total. The Morgan fingerprint density at radius 1 is 1.44 bits per heavy atom. The molecule has 0 fully saturated rings. The van der Waals surface area contributed by atoms with Crippen molar-refractivity contribution in [1.29, 1.82) is 0 Å². The summed E-state index contributed by atoms with van der Waals surface area (Å²) in [4.78, 5) is 2.63. The number of hydrogen-bond donors (Lipinski definition) is 0. The first-order chi connectivity index (χ1) is 7.49. The van der Waals surface area contributed by atoms with Crippen LogP contribution in [-0.2, 0) is 6.54 Å². The van der Waals surface area contributed by atoms with Gasteiger partial charge in [0.1, 0.15) is 5.82 Å². The van der Waals surface area contributed by atoms with Crippen LogP contribution in [0.15, 0.2) is 22.7 Å². The van der Waals surface area contributed by atoms with Crippen LogP contribution in [0, 0.1) is 5.82 Å². The van der Waals surface area contributed by atoms with Crippen molar-refractivity contribution in [2.24, 2.45) is 0 Å². The average molecular weight is 353 g/mol. The van der Waals surface area contributed by atoms with Gasteiger partial charge in [0, 0.05) is 21.4 Å². The Morgan fingerprint density at radius 3 is 2.69 bits per heavy atom. The molecule has 90 valence electrons. The highest BCUT2D eigenvalue weighted by Gasteiger charge is 2.07. The molecule has 0 amide bonds. The molecule has 1 aromatic rings. The third-order valence-corrected chi connectivity index (χ3v) is 3.32. The Labute approximate surface area is 113 Å². The fraction of sp³-hybridized carbons (Fsp3) is 0.500. The lowest BCUT2D eigenvalue weighted by atomic mass is 10.2. The van der Waals surface area contributed by atoms with E-state index in [9.17, 15) is 4.39 Å². The summed E-state index contributed by atoms with van der Waals surface area (Å²) in [5.74, 6) is -0.145. The minimum Gasteiger partial charge on any atom is -0.302 e. The van der Waals surface area contributed by atoms with E-state index in [1.807, 2.05) is 19.2 Å². The molecule has 0 bridgehead atoms. The summed E-state index contributed by atoms with van der Waals surface area (Å²) in [5.41, 5.74) is 0.743. The van der Waals surface area contributed by atoms with Crippen molar-refractivity contribution < 1.29 is 4.39 Å².